The Hall–Kier alpha value is -1.14. The van der Waals surface area contributed by atoms with E-state index in [-0.39, 0.29) is 12.5 Å². The van der Waals surface area contributed by atoms with Crippen molar-refractivity contribution >= 4 is 39.2 Å². The summed E-state index contributed by atoms with van der Waals surface area (Å²) >= 11 is 8.64. The predicted molar refractivity (Wildman–Crippen MR) is 143 cm³/mol. The maximum Gasteiger partial charge on any atom is 0.264 e. The second-order valence-corrected chi connectivity index (χ2v) is 9.86. The van der Waals surface area contributed by atoms with E-state index in [1.807, 2.05) is 25.1 Å². The average molecular weight is 528 g/mol. The lowest BCUT2D eigenvalue weighted by molar-refractivity contribution is -0.121. The fourth-order valence-electron chi connectivity index (χ4n) is 3.58. The molecule has 0 radical (unpaired) electrons. The molecule has 32 heavy (non-hydrogen) atoms. The summed E-state index contributed by atoms with van der Waals surface area (Å²) in [5, 5.41) is 6.16. The molecule has 0 unspecified atom stereocenters. The van der Waals surface area contributed by atoms with E-state index < -0.39 is 0 Å². The SMILES string of the molecule is CCCCCCCCCCCCCCCCNC(=S)NC(=O)COc1ccc(Br)c(C)c1. The normalized spacial score (nSPS) is 10.7. The molecule has 0 spiro atoms. The summed E-state index contributed by atoms with van der Waals surface area (Å²) in [5.74, 6) is 0.422. The molecular formula is C26H43BrN2O2S. The van der Waals surface area contributed by atoms with Gasteiger partial charge in [0.05, 0.1) is 0 Å². The van der Waals surface area contributed by atoms with Crippen molar-refractivity contribution < 1.29 is 9.53 Å². The first-order chi connectivity index (χ1) is 15.5. The van der Waals surface area contributed by atoms with Gasteiger partial charge in [-0.2, -0.15) is 0 Å². The molecule has 6 heteroatoms. The molecule has 2 N–H and O–H groups in total. The van der Waals surface area contributed by atoms with Gasteiger partial charge in [0, 0.05) is 11.0 Å². The standard InChI is InChI=1S/C26H43BrN2O2S/c1-3-4-5-6-7-8-9-10-11-12-13-14-15-16-19-28-26(32)29-25(30)21-31-23-17-18-24(27)22(2)20-23/h17-18,20H,3-16,19,21H2,1-2H3,(H2,28,29,30,32). The van der Waals surface area contributed by atoms with Crippen LogP contribution >= 0.6 is 28.1 Å². The maximum absolute atomic E-state index is 12.0. The van der Waals surface area contributed by atoms with E-state index in [4.69, 9.17) is 17.0 Å². The first-order valence-corrected chi connectivity index (χ1v) is 13.7. The zero-order valence-corrected chi connectivity index (χ0v) is 22.6. The molecule has 0 fully saturated rings. The number of amides is 1. The molecule has 1 amide bonds. The smallest absolute Gasteiger partial charge is 0.264 e. The molecule has 0 aliphatic heterocycles. The third-order valence-corrected chi connectivity index (χ3v) is 6.70. The lowest BCUT2D eigenvalue weighted by atomic mass is 10.0. The summed E-state index contributed by atoms with van der Waals surface area (Å²) < 4.78 is 6.53. The van der Waals surface area contributed by atoms with Gasteiger partial charge in [-0.15, -0.1) is 0 Å². The number of benzene rings is 1. The Morgan fingerprint density at radius 2 is 1.44 bits per heavy atom. The topological polar surface area (TPSA) is 50.4 Å². The van der Waals surface area contributed by atoms with Gasteiger partial charge in [-0.05, 0) is 49.3 Å². The highest BCUT2D eigenvalue weighted by molar-refractivity contribution is 9.10. The van der Waals surface area contributed by atoms with Gasteiger partial charge in [0.15, 0.2) is 11.7 Å². The highest BCUT2D eigenvalue weighted by atomic mass is 79.9. The number of unbranched alkanes of at least 4 members (excludes halogenated alkanes) is 13. The Morgan fingerprint density at radius 1 is 0.906 bits per heavy atom. The van der Waals surface area contributed by atoms with Gasteiger partial charge in [-0.1, -0.05) is 106 Å². The fraction of sp³-hybridized carbons (Fsp3) is 0.692. The molecule has 0 saturated carbocycles. The first-order valence-electron chi connectivity index (χ1n) is 12.5. The Morgan fingerprint density at radius 3 is 1.97 bits per heavy atom. The van der Waals surface area contributed by atoms with Crippen LogP contribution in [0.3, 0.4) is 0 Å². The van der Waals surface area contributed by atoms with Crippen molar-refractivity contribution in [1.82, 2.24) is 10.6 Å². The van der Waals surface area contributed by atoms with Gasteiger partial charge >= 0.3 is 0 Å². The van der Waals surface area contributed by atoms with Crippen LogP contribution in [0.4, 0.5) is 0 Å². The number of ether oxygens (including phenoxy) is 1. The van der Waals surface area contributed by atoms with Crippen LogP contribution in [0.25, 0.3) is 0 Å². The number of rotatable bonds is 18. The largest absolute Gasteiger partial charge is 0.484 e. The molecule has 0 saturated heterocycles. The summed E-state index contributed by atoms with van der Waals surface area (Å²) in [6.45, 7) is 4.99. The van der Waals surface area contributed by atoms with Crippen molar-refractivity contribution in [2.75, 3.05) is 13.2 Å². The number of hydrogen-bond donors (Lipinski definition) is 2. The Balaban J connectivity index is 1.89. The van der Waals surface area contributed by atoms with Gasteiger partial charge in [0.1, 0.15) is 5.75 Å². The summed E-state index contributed by atoms with van der Waals surface area (Å²) in [6.07, 6.45) is 18.8. The molecule has 0 atom stereocenters. The van der Waals surface area contributed by atoms with Gasteiger partial charge in [0.2, 0.25) is 0 Å². The molecule has 0 heterocycles. The van der Waals surface area contributed by atoms with Crippen LogP contribution in [0.5, 0.6) is 5.75 Å². The molecule has 0 aromatic heterocycles. The Bertz CT molecular complexity index is 655. The average Bonchev–Trinajstić information content (AvgIpc) is 2.77. The molecule has 182 valence electrons. The predicted octanol–water partition coefficient (Wildman–Crippen LogP) is 7.61. The van der Waals surface area contributed by atoms with E-state index in [9.17, 15) is 4.79 Å². The summed E-state index contributed by atoms with van der Waals surface area (Å²) in [4.78, 5) is 12.0. The third kappa shape index (κ3) is 15.6. The molecular weight excluding hydrogens is 484 g/mol. The minimum Gasteiger partial charge on any atom is -0.484 e. The van der Waals surface area contributed by atoms with Crippen molar-refractivity contribution in [3.05, 3.63) is 28.2 Å². The fourth-order valence-corrected chi connectivity index (χ4v) is 4.05. The number of carbonyl (C=O) groups is 1. The van der Waals surface area contributed by atoms with Crippen molar-refractivity contribution in [3.8, 4) is 5.75 Å². The van der Waals surface area contributed by atoms with Gasteiger partial charge < -0.3 is 15.4 Å². The highest BCUT2D eigenvalue weighted by Gasteiger charge is 2.06. The van der Waals surface area contributed by atoms with Crippen molar-refractivity contribution in [2.24, 2.45) is 0 Å². The summed E-state index contributed by atoms with van der Waals surface area (Å²) in [6, 6.07) is 5.63. The van der Waals surface area contributed by atoms with Crippen LogP contribution in [0, 0.1) is 6.92 Å². The Labute approximate surface area is 209 Å². The number of hydrogen-bond acceptors (Lipinski definition) is 3. The molecule has 1 aromatic rings. The molecule has 1 rings (SSSR count). The lowest BCUT2D eigenvalue weighted by Crippen LogP contribution is -2.41. The maximum atomic E-state index is 12.0. The number of carbonyl (C=O) groups excluding carboxylic acids is 1. The van der Waals surface area contributed by atoms with E-state index in [2.05, 4.69) is 33.5 Å². The highest BCUT2D eigenvalue weighted by Crippen LogP contribution is 2.21. The Kier molecular flexibility index (Phi) is 17.5. The quantitative estimate of drug-likeness (QED) is 0.152. The molecule has 4 nitrogen and oxygen atoms in total. The zero-order chi connectivity index (χ0) is 23.4. The number of thiocarbonyl (C=S) groups is 1. The van der Waals surface area contributed by atoms with Crippen LogP contribution in [0.1, 0.15) is 102 Å². The third-order valence-electron chi connectivity index (χ3n) is 5.57. The van der Waals surface area contributed by atoms with Crippen LogP contribution in [0.15, 0.2) is 22.7 Å². The van der Waals surface area contributed by atoms with Crippen LogP contribution in [0.2, 0.25) is 0 Å². The molecule has 0 aliphatic carbocycles. The monoisotopic (exact) mass is 526 g/mol. The number of halogens is 1. The lowest BCUT2D eigenvalue weighted by Gasteiger charge is -2.11. The summed E-state index contributed by atoms with van der Waals surface area (Å²) in [7, 11) is 0. The molecule has 1 aromatic carbocycles. The number of aryl methyl sites for hydroxylation is 1. The minimum absolute atomic E-state index is 0.0538. The van der Waals surface area contributed by atoms with Crippen LogP contribution < -0.4 is 15.4 Å². The van der Waals surface area contributed by atoms with E-state index in [0.29, 0.717) is 10.9 Å². The molecule has 0 aliphatic rings. The van der Waals surface area contributed by atoms with Crippen LogP contribution in [-0.2, 0) is 4.79 Å². The van der Waals surface area contributed by atoms with E-state index in [0.717, 1.165) is 23.0 Å². The number of nitrogens with one attached hydrogen (secondary N) is 2. The van der Waals surface area contributed by atoms with Crippen molar-refractivity contribution in [3.63, 3.8) is 0 Å². The second kappa shape index (κ2) is 19.3. The van der Waals surface area contributed by atoms with Crippen molar-refractivity contribution in [1.29, 1.82) is 0 Å². The molecule has 0 bridgehead atoms. The first kappa shape index (κ1) is 28.9. The van der Waals surface area contributed by atoms with E-state index >= 15 is 0 Å². The minimum atomic E-state index is -0.246. The second-order valence-electron chi connectivity index (χ2n) is 8.60. The van der Waals surface area contributed by atoms with Gasteiger partial charge in [-0.25, -0.2) is 0 Å². The van der Waals surface area contributed by atoms with E-state index in [1.165, 1.54) is 83.5 Å². The van der Waals surface area contributed by atoms with Crippen molar-refractivity contribution in [2.45, 2.75) is 104 Å². The summed E-state index contributed by atoms with van der Waals surface area (Å²) in [5.41, 5.74) is 1.06. The van der Waals surface area contributed by atoms with E-state index in [1.54, 1.807) is 0 Å². The zero-order valence-electron chi connectivity index (χ0n) is 20.1. The van der Waals surface area contributed by atoms with Crippen LogP contribution in [-0.4, -0.2) is 24.2 Å². The van der Waals surface area contributed by atoms with Gasteiger partial charge in [-0.3, -0.25) is 4.79 Å². The van der Waals surface area contributed by atoms with Gasteiger partial charge in [0.25, 0.3) is 5.91 Å².